The van der Waals surface area contributed by atoms with Gasteiger partial charge in [-0.25, -0.2) is 0 Å². The highest BCUT2D eigenvalue weighted by atomic mass is 79.9. The minimum absolute atomic E-state index is 0.0102. The number of nitriles is 1. The van der Waals surface area contributed by atoms with Crippen LogP contribution in [-0.2, 0) is 19.1 Å². The fourth-order valence-electron chi connectivity index (χ4n) is 2.92. The van der Waals surface area contributed by atoms with Crippen LogP contribution in [-0.4, -0.2) is 26.2 Å². The third-order valence-corrected chi connectivity index (χ3v) is 4.80. The van der Waals surface area contributed by atoms with Crippen LogP contribution in [0.15, 0.2) is 40.0 Å². The summed E-state index contributed by atoms with van der Waals surface area (Å²) in [5.74, 6) is -2.16. The van der Waals surface area contributed by atoms with Crippen LogP contribution < -0.4 is 5.73 Å². The molecule has 120 valence electrons. The fourth-order valence-corrected chi connectivity index (χ4v) is 3.48. The number of allylic oxidation sites excluding steroid dienone is 1. The maximum Gasteiger partial charge on any atom is 0.329 e. The average Bonchev–Trinajstić information content (AvgIpc) is 2.87. The van der Waals surface area contributed by atoms with Crippen LogP contribution in [0.4, 0.5) is 0 Å². The fraction of sp³-hybridized carbons (Fsp3) is 0.312. The maximum absolute atomic E-state index is 12.3. The van der Waals surface area contributed by atoms with E-state index < -0.39 is 23.3 Å². The number of hydrogen-bond donors (Lipinski definition) is 1. The Morgan fingerprint density at radius 3 is 2.35 bits per heavy atom. The van der Waals surface area contributed by atoms with Gasteiger partial charge in [0.15, 0.2) is 0 Å². The second-order valence-corrected chi connectivity index (χ2v) is 5.96. The van der Waals surface area contributed by atoms with Crippen molar-refractivity contribution in [2.24, 2.45) is 11.1 Å². The quantitative estimate of drug-likeness (QED) is 0.637. The molecule has 7 heteroatoms. The molecule has 0 radical (unpaired) electrons. The first-order valence-corrected chi connectivity index (χ1v) is 7.54. The Labute approximate surface area is 142 Å². The Kier molecular flexibility index (Phi) is 4.76. The lowest BCUT2D eigenvalue weighted by Crippen LogP contribution is -2.43. The summed E-state index contributed by atoms with van der Waals surface area (Å²) in [4.78, 5) is 24.6. The average molecular weight is 379 g/mol. The first-order chi connectivity index (χ1) is 10.9. The van der Waals surface area contributed by atoms with Crippen molar-refractivity contribution in [2.75, 3.05) is 14.2 Å². The highest BCUT2D eigenvalue weighted by Crippen LogP contribution is 2.51. The van der Waals surface area contributed by atoms with Crippen LogP contribution in [0.5, 0.6) is 0 Å². The van der Waals surface area contributed by atoms with Crippen LogP contribution in [0.2, 0.25) is 0 Å². The van der Waals surface area contributed by atoms with E-state index in [0.29, 0.717) is 0 Å². The Morgan fingerprint density at radius 1 is 1.30 bits per heavy atom. The van der Waals surface area contributed by atoms with Gasteiger partial charge in [-0.05, 0) is 18.1 Å². The van der Waals surface area contributed by atoms with E-state index in [9.17, 15) is 14.9 Å². The summed E-state index contributed by atoms with van der Waals surface area (Å²) < 4.78 is 10.3. The Balaban J connectivity index is 2.65. The van der Waals surface area contributed by atoms with E-state index >= 15 is 0 Å². The zero-order valence-corrected chi connectivity index (χ0v) is 14.2. The lowest BCUT2D eigenvalue weighted by Gasteiger charge is -2.25. The van der Waals surface area contributed by atoms with Crippen molar-refractivity contribution in [3.05, 3.63) is 45.6 Å². The molecule has 0 saturated heterocycles. The smallest absolute Gasteiger partial charge is 0.329 e. The molecular formula is C16H15BrN2O4. The summed E-state index contributed by atoms with van der Waals surface area (Å²) in [7, 11) is 2.33. The van der Waals surface area contributed by atoms with Gasteiger partial charge in [0, 0.05) is 10.4 Å². The lowest BCUT2D eigenvalue weighted by atomic mass is 9.81. The Hall–Kier alpha value is -2.33. The summed E-state index contributed by atoms with van der Waals surface area (Å²) in [6.07, 6.45) is -0.0102. The van der Waals surface area contributed by atoms with E-state index in [1.165, 1.54) is 0 Å². The second kappa shape index (κ2) is 6.42. The zero-order chi connectivity index (χ0) is 17.2. The summed E-state index contributed by atoms with van der Waals surface area (Å²) >= 11 is 3.42. The number of nitrogens with zero attached hydrogens (tertiary/aromatic N) is 1. The number of carbonyl (C=O) groups is 2. The normalized spacial score (nSPS) is 19.1. The highest BCUT2D eigenvalue weighted by molar-refractivity contribution is 9.10. The van der Waals surface area contributed by atoms with Gasteiger partial charge in [-0.1, -0.05) is 34.1 Å². The van der Waals surface area contributed by atoms with Gasteiger partial charge >= 0.3 is 11.9 Å². The third-order valence-electron chi connectivity index (χ3n) is 4.08. The van der Waals surface area contributed by atoms with Crippen molar-refractivity contribution in [3.63, 3.8) is 0 Å². The Bertz CT molecular complexity index is 720. The molecule has 0 saturated carbocycles. The maximum atomic E-state index is 12.3. The van der Waals surface area contributed by atoms with Gasteiger partial charge in [0.05, 0.1) is 31.6 Å². The van der Waals surface area contributed by atoms with E-state index in [1.807, 2.05) is 30.3 Å². The van der Waals surface area contributed by atoms with E-state index in [1.54, 1.807) is 0 Å². The standard InChI is InChI=1S/C16H15BrN2O4/c1-22-14(20)16(15(21)23-2)7-10(11(8-18)13(16)19)9-5-3-4-6-12(9)17/h3-6,10H,7,19H2,1-2H3. The molecule has 0 aromatic heterocycles. The van der Waals surface area contributed by atoms with E-state index in [2.05, 4.69) is 15.9 Å². The SMILES string of the molecule is COC(=O)C1(C(=O)OC)CC(c2ccccc2Br)C(C#N)=C1N. The predicted octanol–water partition coefficient (Wildman–Crippen LogP) is 2.01. The monoisotopic (exact) mass is 378 g/mol. The molecule has 1 aliphatic rings. The summed E-state index contributed by atoms with van der Waals surface area (Å²) in [6, 6.07) is 9.28. The molecule has 1 unspecified atom stereocenters. The summed E-state index contributed by atoms with van der Waals surface area (Å²) in [5.41, 5.74) is 5.07. The minimum atomic E-state index is -1.80. The zero-order valence-electron chi connectivity index (χ0n) is 12.6. The largest absolute Gasteiger partial charge is 0.468 e. The van der Waals surface area contributed by atoms with Crippen molar-refractivity contribution in [3.8, 4) is 6.07 Å². The molecule has 1 aromatic rings. The van der Waals surface area contributed by atoms with Crippen molar-refractivity contribution >= 4 is 27.9 Å². The number of ether oxygens (including phenoxy) is 2. The van der Waals surface area contributed by atoms with Crippen LogP contribution in [0, 0.1) is 16.7 Å². The summed E-state index contributed by atoms with van der Waals surface area (Å²) in [6.45, 7) is 0. The lowest BCUT2D eigenvalue weighted by molar-refractivity contribution is -0.166. The molecule has 23 heavy (non-hydrogen) atoms. The van der Waals surface area contributed by atoms with Gasteiger partial charge < -0.3 is 15.2 Å². The number of rotatable bonds is 3. The van der Waals surface area contributed by atoms with Gasteiger partial charge in [0.2, 0.25) is 5.41 Å². The van der Waals surface area contributed by atoms with E-state index in [0.717, 1.165) is 24.3 Å². The molecule has 1 aromatic carbocycles. The molecule has 0 spiro atoms. The van der Waals surface area contributed by atoms with Crippen LogP contribution in [0.3, 0.4) is 0 Å². The van der Waals surface area contributed by atoms with Crippen molar-refractivity contribution in [1.82, 2.24) is 0 Å². The topological polar surface area (TPSA) is 102 Å². The van der Waals surface area contributed by atoms with Crippen LogP contribution >= 0.6 is 15.9 Å². The molecule has 1 aliphatic carbocycles. The molecule has 0 amide bonds. The Morgan fingerprint density at radius 2 is 1.87 bits per heavy atom. The predicted molar refractivity (Wildman–Crippen MR) is 84.8 cm³/mol. The molecular weight excluding hydrogens is 364 g/mol. The van der Waals surface area contributed by atoms with Crippen LogP contribution in [0.25, 0.3) is 0 Å². The first kappa shape index (κ1) is 17.0. The molecule has 2 N–H and O–H groups in total. The molecule has 0 bridgehead atoms. The van der Waals surface area contributed by atoms with Gasteiger partial charge in [0.25, 0.3) is 0 Å². The van der Waals surface area contributed by atoms with Crippen molar-refractivity contribution in [1.29, 1.82) is 5.26 Å². The van der Waals surface area contributed by atoms with Gasteiger partial charge in [0.1, 0.15) is 0 Å². The number of esters is 2. The molecule has 1 atom stereocenters. The van der Waals surface area contributed by atoms with Crippen LogP contribution in [0.1, 0.15) is 17.9 Å². The number of nitrogens with two attached hydrogens (primary N) is 1. The van der Waals surface area contributed by atoms with Gasteiger partial charge in [-0.15, -0.1) is 0 Å². The highest BCUT2D eigenvalue weighted by Gasteiger charge is 2.58. The summed E-state index contributed by atoms with van der Waals surface area (Å²) in [5, 5.41) is 9.49. The molecule has 0 fully saturated rings. The minimum Gasteiger partial charge on any atom is -0.468 e. The molecule has 0 heterocycles. The number of benzene rings is 1. The third kappa shape index (κ3) is 2.49. The van der Waals surface area contributed by atoms with Crippen molar-refractivity contribution in [2.45, 2.75) is 12.3 Å². The van der Waals surface area contributed by atoms with Gasteiger partial charge in [-0.2, -0.15) is 5.26 Å². The van der Waals surface area contributed by atoms with Crippen molar-refractivity contribution < 1.29 is 19.1 Å². The second-order valence-electron chi connectivity index (χ2n) is 5.11. The van der Waals surface area contributed by atoms with E-state index in [4.69, 9.17) is 15.2 Å². The van der Waals surface area contributed by atoms with Gasteiger partial charge in [-0.3, -0.25) is 9.59 Å². The number of carbonyl (C=O) groups excluding carboxylic acids is 2. The number of hydrogen-bond acceptors (Lipinski definition) is 6. The molecule has 2 rings (SSSR count). The number of halogens is 1. The first-order valence-electron chi connectivity index (χ1n) is 6.75. The number of methoxy groups -OCH3 is 2. The van der Waals surface area contributed by atoms with E-state index in [-0.39, 0.29) is 17.7 Å². The molecule has 6 nitrogen and oxygen atoms in total. The molecule has 0 aliphatic heterocycles.